The number of aromatic nitrogens is 2. The van der Waals surface area contributed by atoms with E-state index in [9.17, 15) is 0 Å². The quantitative estimate of drug-likeness (QED) is 0.700. The summed E-state index contributed by atoms with van der Waals surface area (Å²) < 4.78 is 0. The molecule has 1 saturated heterocycles. The summed E-state index contributed by atoms with van der Waals surface area (Å²) in [5.41, 5.74) is 0. The third-order valence-corrected chi connectivity index (χ3v) is 3.85. The molecule has 1 aliphatic carbocycles. The third-order valence-electron chi connectivity index (χ3n) is 3.85. The highest BCUT2D eigenvalue weighted by Crippen LogP contribution is 2.37. The molecule has 2 atom stereocenters. The summed E-state index contributed by atoms with van der Waals surface area (Å²) in [5.74, 6) is 2.90. The molecule has 0 unspecified atom stereocenters. The first-order chi connectivity index (χ1) is 7.43. The number of anilines is 1. The van der Waals surface area contributed by atoms with Crippen LogP contribution >= 0.6 is 0 Å². The average Bonchev–Trinajstić information content (AvgIpc) is 2.74. The Labute approximate surface area is 90.5 Å². The monoisotopic (exact) mass is 203 g/mol. The summed E-state index contributed by atoms with van der Waals surface area (Å²) in [6.45, 7) is 2.40. The molecule has 0 spiro atoms. The molecule has 2 heterocycles. The van der Waals surface area contributed by atoms with E-state index in [1.807, 2.05) is 6.20 Å². The van der Waals surface area contributed by atoms with Crippen LogP contribution in [-0.2, 0) is 0 Å². The summed E-state index contributed by atoms with van der Waals surface area (Å²) in [7, 11) is 0. The highest BCUT2D eigenvalue weighted by molar-refractivity contribution is 5.37. The predicted molar refractivity (Wildman–Crippen MR) is 59.7 cm³/mol. The van der Waals surface area contributed by atoms with Crippen molar-refractivity contribution in [2.75, 3.05) is 18.0 Å². The second kappa shape index (κ2) is 3.80. The van der Waals surface area contributed by atoms with Gasteiger partial charge in [-0.15, -0.1) is 0 Å². The zero-order valence-corrected chi connectivity index (χ0v) is 8.97. The third kappa shape index (κ3) is 1.71. The van der Waals surface area contributed by atoms with E-state index >= 15 is 0 Å². The normalized spacial score (nSPS) is 30.3. The van der Waals surface area contributed by atoms with Gasteiger partial charge in [0.15, 0.2) is 0 Å². The molecule has 2 aliphatic rings. The lowest BCUT2D eigenvalue weighted by Crippen LogP contribution is -2.20. The maximum atomic E-state index is 4.38. The Morgan fingerprint density at radius 3 is 2.40 bits per heavy atom. The molecule has 3 heteroatoms. The summed E-state index contributed by atoms with van der Waals surface area (Å²) in [6.07, 6.45) is 11.1. The van der Waals surface area contributed by atoms with Gasteiger partial charge in [-0.05, 0) is 24.7 Å². The minimum absolute atomic E-state index is 0.917. The Morgan fingerprint density at radius 1 is 1.07 bits per heavy atom. The molecule has 1 aromatic heterocycles. The van der Waals surface area contributed by atoms with Crippen LogP contribution in [0.15, 0.2) is 18.6 Å². The number of fused-ring (bicyclic) bond motifs is 1. The van der Waals surface area contributed by atoms with E-state index in [0.29, 0.717) is 0 Å². The zero-order chi connectivity index (χ0) is 10.1. The largest absolute Gasteiger partial charge is 0.355 e. The molecule has 3 nitrogen and oxygen atoms in total. The fourth-order valence-corrected chi connectivity index (χ4v) is 3.05. The number of hydrogen-bond acceptors (Lipinski definition) is 3. The van der Waals surface area contributed by atoms with Gasteiger partial charge in [-0.3, -0.25) is 4.98 Å². The summed E-state index contributed by atoms with van der Waals surface area (Å²) in [4.78, 5) is 10.9. The molecule has 0 amide bonds. The van der Waals surface area contributed by atoms with Gasteiger partial charge in [0.25, 0.3) is 0 Å². The first kappa shape index (κ1) is 9.13. The van der Waals surface area contributed by atoms with Crippen LogP contribution in [-0.4, -0.2) is 23.1 Å². The van der Waals surface area contributed by atoms with Crippen LogP contribution in [0.1, 0.15) is 25.7 Å². The van der Waals surface area contributed by atoms with Crippen molar-refractivity contribution in [2.45, 2.75) is 25.7 Å². The minimum atomic E-state index is 0.917. The first-order valence-corrected chi connectivity index (χ1v) is 5.94. The molecule has 0 aromatic carbocycles. The summed E-state index contributed by atoms with van der Waals surface area (Å²) in [5, 5.41) is 0. The Balaban J connectivity index is 1.75. The minimum Gasteiger partial charge on any atom is -0.355 e. The maximum Gasteiger partial charge on any atom is 0.147 e. The molecule has 3 rings (SSSR count). The molecular formula is C12H17N3. The second-order valence-electron chi connectivity index (χ2n) is 4.77. The molecule has 0 bridgehead atoms. The van der Waals surface area contributed by atoms with Crippen molar-refractivity contribution in [1.82, 2.24) is 9.97 Å². The van der Waals surface area contributed by atoms with Crippen LogP contribution in [0.25, 0.3) is 0 Å². The second-order valence-corrected chi connectivity index (χ2v) is 4.77. The van der Waals surface area contributed by atoms with Gasteiger partial charge in [-0.25, -0.2) is 4.98 Å². The van der Waals surface area contributed by atoms with Crippen LogP contribution in [0, 0.1) is 11.8 Å². The van der Waals surface area contributed by atoms with Crippen LogP contribution in [0.5, 0.6) is 0 Å². The summed E-state index contributed by atoms with van der Waals surface area (Å²) >= 11 is 0. The smallest absolute Gasteiger partial charge is 0.147 e. The van der Waals surface area contributed by atoms with Crippen molar-refractivity contribution >= 4 is 5.82 Å². The molecular weight excluding hydrogens is 186 g/mol. The van der Waals surface area contributed by atoms with Gasteiger partial charge in [-0.2, -0.15) is 0 Å². The Bertz CT molecular complexity index is 311. The number of rotatable bonds is 1. The van der Waals surface area contributed by atoms with Crippen molar-refractivity contribution in [1.29, 1.82) is 0 Å². The van der Waals surface area contributed by atoms with Gasteiger partial charge in [0.2, 0.25) is 0 Å². The first-order valence-electron chi connectivity index (χ1n) is 5.94. The fraction of sp³-hybridized carbons (Fsp3) is 0.667. The van der Waals surface area contributed by atoms with Crippen molar-refractivity contribution < 1.29 is 0 Å². The van der Waals surface area contributed by atoms with Crippen molar-refractivity contribution in [3.8, 4) is 0 Å². The van der Waals surface area contributed by atoms with Gasteiger partial charge >= 0.3 is 0 Å². The van der Waals surface area contributed by atoms with E-state index in [1.165, 1.54) is 38.8 Å². The van der Waals surface area contributed by atoms with Gasteiger partial charge in [-0.1, -0.05) is 12.8 Å². The fourth-order valence-electron chi connectivity index (χ4n) is 3.05. The van der Waals surface area contributed by atoms with Crippen LogP contribution in [0.3, 0.4) is 0 Å². The molecule has 1 aromatic rings. The maximum absolute atomic E-state index is 4.38. The van der Waals surface area contributed by atoms with Gasteiger partial charge in [0.05, 0.1) is 6.20 Å². The molecule has 2 fully saturated rings. The molecule has 1 saturated carbocycles. The van der Waals surface area contributed by atoms with Crippen LogP contribution in [0.4, 0.5) is 5.82 Å². The number of hydrogen-bond donors (Lipinski definition) is 0. The van der Waals surface area contributed by atoms with Gasteiger partial charge in [0, 0.05) is 25.5 Å². The van der Waals surface area contributed by atoms with Crippen molar-refractivity contribution in [3.63, 3.8) is 0 Å². The van der Waals surface area contributed by atoms with Crippen molar-refractivity contribution in [2.24, 2.45) is 11.8 Å². The van der Waals surface area contributed by atoms with E-state index in [4.69, 9.17) is 0 Å². The van der Waals surface area contributed by atoms with Gasteiger partial charge in [0.1, 0.15) is 5.82 Å². The molecule has 15 heavy (non-hydrogen) atoms. The van der Waals surface area contributed by atoms with E-state index in [-0.39, 0.29) is 0 Å². The van der Waals surface area contributed by atoms with E-state index in [0.717, 1.165) is 17.7 Å². The predicted octanol–water partition coefficient (Wildman–Crippen LogP) is 2.10. The standard InChI is InChI=1S/C12H17N3/c1-2-4-11-9-15(8-10(11)3-1)12-7-13-5-6-14-12/h5-7,10-11H,1-4,8-9H2/t10-,11-/m1/s1. The zero-order valence-electron chi connectivity index (χ0n) is 8.97. The highest BCUT2D eigenvalue weighted by Gasteiger charge is 2.34. The molecule has 80 valence electrons. The number of nitrogens with zero attached hydrogens (tertiary/aromatic N) is 3. The van der Waals surface area contributed by atoms with E-state index in [2.05, 4.69) is 14.9 Å². The lowest BCUT2D eigenvalue weighted by atomic mass is 9.82. The molecule has 0 radical (unpaired) electrons. The average molecular weight is 203 g/mol. The highest BCUT2D eigenvalue weighted by atomic mass is 15.2. The summed E-state index contributed by atoms with van der Waals surface area (Å²) in [6, 6.07) is 0. The molecule has 0 N–H and O–H groups in total. The lowest BCUT2D eigenvalue weighted by Gasteiger charge is -2.22. The van der Waals surface area contributed by atoms with E-state index < -0.39 is 0 Å². The van der Waals surface area contributed by atoms with Crippen LogP contribution in [0.2, 0.25) is 0 Å². The van der Waals surface area contributed by atoms with Crippen molar-refractivity contribution in [3.05, 3.63) is 18.6 Å². The Hall–Kier alpha value is -1.12. The lowest BCUT2D eigenvalue weighted by molar-refractivity contribution is 0.299. The Kier molecular flexibility index (Phi) is 2.31. The topological polar surface area (TPSA) is 29.0 Å². The van der Waals surface area contributed by atoms with Gasteiger partial charge < -0.3 is 4.90 Å². The van der Waals surface area contributed by atoms with E-state index in [1.54, 1.807) is 12.4 Å². The Morgan fingerprint density at radius 2 is 1.80 bits per heavy atom. The molecule has 1 aliphatic heterocycles. The SMILES string of the molecule is c1cnc(N2C[C@H]3CCCC[C@@H]3C2)cn1. The van der Waals surface area contributed by atoms with Crippen LogP contribution < -0.4 is 4.90 Å².